The van der Waals surface area contributed by atoms with Gasteiger partial charge in [0.25, 0.3) is 0 Å². The molecule has 18 heavy (non-hydrogen) atoms. The van der Waals surface area contributed by atoms with Gasteiger partial charge in [-0.3, -0.25) is 0 Å². The van der Waals surface area contributed by atoms with E-state index in [1.165, 1.54) is 12.1 Å². The molecule has 2 rings (SSSR count). The SMILES string of the molecule is N#Cc1cccc(-c2cccc(O)c2C#N)c1O. The van der Waals surface area contributed by atoms with Crippen LogP contribution in [-0.2, 0) is 0 Å². The lowest BCUT2D eigenvalue weighted by Gasteiger charge is -2.08. The monoisotopic (exact) mass is 236 g/mol. The molecule has 4 nitrogen and oxygen atoms in total. The number of nitrogens with zero attached hydrogens (tertiary/aromatic N) is 2. The zero-order valence-electron chi connectivity index (χ0n) is 9.25. The van der Waals surface area contributed by atoms with E-state index in [2.05, 4.69) is 0 Å². The standard InChI is InChI=1S/C14H8N2O2/c15-7-9-3-1-5-11(14(9)18)10-4-2-6-13(17)12(10)8-16/h1-6,17-18H. The Labute approximate surface area is 104 Å². The highest BCUT2D eigenvalue weighted by atomic mass is 16.3. The topological polar surface area (TPSA) is 88.0 Å². The molecule has 0 spiro atoms. The lowest BCUT2D eigenvalue weighted by Crippen LogP contribution is -1.87. The van der Waals surface area contributed by atoms with Gasteiger partial charge in [-0.05, 0) is 12.1 Å². The van der Waals surface area contributed by atoms with Crippen LogP contribution in [-0.4, -0.2) is 10.2 Å². The van der Waals surface area contributed by atoms with Crippen molar-refractivity contribution in [2.45, 2.75) is 0 Å². The van der Waals surface area contributed by atoms with E-state index in [1.807, 2.05) is 12.1 Å². The third-order valence-corrected chi connectivity index (χ3v) is 2.60. The Kier molecular flexibility index (Phi) is 2.87. The Bertz CT molecular complexity index is 694. The third-order valence-electron chi connectivity index (χ3n) is 2.60. The van der Waals surface area contributed by atoms with Crippen LogP contribution in [0, 0.1) is 22.7 Å². The molecule has 0 amide bonds. The molecule has 2 aromatic rings. The van der Waals surface area contributed by atoms with Gasteiger partial charge in [-0.1, -0.05) is 24.3 Å². The first-order valence-electron chi connectivity index (χ1n) is 5.13. The first-order valence-corrected chi connectivity index (χ1v) is 5.13. The summed E-state index contributed by atoms with van der Waals surface area (Å²) in [7, 11) is 0. The Morgan fingerprint density at radius 3 is 2.17 bits per heavy atom. The van der Waals surface area contributed by atoms with Crippen molar-refractivity contribution in [1.82, 2.24) is 0 Å². The van der Waals surface area contributed by atoms with Gasteiger partial charge in [0, 0.05) is 11.1 Å². The summed E-state index contributed by atoms with van der Waals surface area (Å²) >= 11 is 0. The molecular formula is C14H8N2O2. The Hall–Kier alpha value is -2.98. The summed E-state index contributed by atoms with van der Waals surface area (Å²) in [4.78, 5) is 0. The highest BCUT2D eigenvalue weighted by molar-refractivity contribution is 5.79. The number of aromatic hydroxyl groups is 2. The van der Waals surface area contributed by atoms with Gasteiger partial charge in [0.1, 0.15) is 29.2 Å². The van der Waals surface area contributed by atoms with E-state index >= 15 is 0 Å². The molecule has 0 atom stereocenters. The predicted octanol–water partition coefficient (Wildman–Crippen LogP) is 2.51. The van der Waals surface area contributed by atoms with Crippen LogP contribution < -0.4 is 0 Å². The highest BCUT2D eigenvalue weighted by Crippen LogP contribution is 2.36. The van der Waals surface area contributed by atoms with Gasteiger partial charge >= 0.3 is 0 Å². The molecule has 0 unspecified atom stereocenters. The molecular weight excluding hydrogens is 228 g/mol. The fraction of sp³-hybridized carbons (Fsp3) is 0. The lowest BCUT2D eigenvalue weighted by molar-refractivity contribution is 0.472. The van der Waals surface area contributed by atoms with Crippen molar-refractivity contribution in [3.63, 3.8) is 0 Å². The minimum absolute atomic E-state index is 0.0721. The van der Waals surface area contributed by atoms with E-state index < -0.39 is 0 Å². The number of para-hydroxylation sites is 1. The maximum absolute atomic E-state index is 9.94. The summed E-state index contributed by atoms with van der Waals surface area (Å²) in [6, 6.07) is 13.0. The minimum atomic E-state index is -0.192. The van der Waals surface area contributed by atoms with E-state index in [0.29, 0.717) is 11.1 Å². The second-order valence-electron chi connectivity index (χ2n) is 3.63. The number of phenolic OH excluding ortho intramolecular Hbond substituents is 2. The van der Waals surface area contributed by atoms with E-state index in [1.54, 1.807) is 24.3 Å². The van der Waals surface area contributed by atoms with Gasteiger partial charge in [-0.15, -0.1) is 0 Å². The fourth-order valence-corrected chi connectivity index (χ4v) is 1.73. The molecule has 0 aromatic heterocycles. The number of phenols is 2. The van der Waals surface area contributed by atoms with Gasteiger partial charge in [-0.2, -0.15) is 10.5 Å². The maximum Gasteiger partial charge on any atom is 0.141 e. The minimum Gasteiger partial charge on any atom is -0.507 e. The molecule has 2 aromatic carbocycles. The quantitative estimate of drug-likeness (QED) is 0.796. The summed E-state index contributed by atoms with van der Waals surface area (Å²) in [5.41, 5.74) is 0.941. The third kappa shape index (κ3) is 1.73. The molecule has 86 valence electrons. The summed E-state index contributed by atoms with van der Waals surface area (Å²) in [5.74, 6) is -0.348. The summed E-state index contributed by atoms with van der Waals surface area (Å²) < 4.78 is 0. The molecule has 2 N–H and O–H groups in total. The number of hydrogen-bond acceptors (Lipinski definition) is 4. The van der Waals surface area contributed by atoms with Crippen LogP contribution in [0.2, 0.25) is 0 Å². The molecule has 0 aliphatic carbocycles. The molecule has 0 fully saturated rings. The zero-order valence-corrected chi connectivity index (χ0v) is 9.25. The van der Waals surface area contributed by atoms with Gasteiger partial charge in [0.05, 0.1) is 5.56 Å². The number of hydrogen-bond donors (Lipinski definition) is 2. The van der Waals surface area contributed by atoms with Crippen LogP contribution in [0.1, 0.15) is 11.1 Å². The van der Waals surface area contributed by atoms with E-state index in [9.17, 15) is 10.2 Å². The summed E-state index contributed by atoms with van der Waals surface area (Å²) in [6.45, 7) is 0. The van der Waals surface area contributed by atoms with Crippen LogP contribution in [0.4, 0.5) is 0 Å². The lowest BCUT2D eigenvalue weighted by atomic mass is 9.97. The first kappa shape index (κ1) is 11.5. The molecule has 0 heterocycles. The Morgan fingerprint density at radius 2 is 1.50 bits per heavy atom. The molecule has 0 aliphatic heterocycles. The van der Waals surface area contributed by atoms with Crippen molar-refractivity contribution in [1.29, 1.82) is 10.5 Å². The Balaban J connectivity index is 2.76. The summed E-state index contributed by atoms with van der Waals surface area (Å²) in [6.07, 6.45) is 0. The average Bonchev–Trinajstić information content (AvgIpc) is 2.39. The van der Waals surface area contributed by atoms with Crippen molar-refractivity contribution in [2.24, 2.45) is 0 Å². The fourth-order valence-electron chi connectivity index (χ4n) is 1.73. The van der Waals surface area contributed by atoms with Crippen LogP contribution in [0.5, 0.6) is 11.5 Å². The van der Waals surface area contributed by atoms with Crippen molar-refractivity contribution >= 4 is 0 Å². The van der Waals surface area contributed by atoms with Crippen molar-refractivity contribution in [3.8, 4) is 34.8 Å². The second kappa shape index (κ2) is 4.48. The number of nitriles is 2. The average molecular weight is 236 g/mol. The molecule has 0 saturated heterocycles. The first-order chi connectivity index (χ1) is 8.69. The second-order valence-corrected chi connectivity index (χ2v) is 3.63. The maximum atomic E-state index is 9.94. The molecule has 0 bridgehead atoms. The van der Waals surface area contributed by atoms with Crippen molar-refractivity contribution in [3.05, 3.63) is 47.5 Å². The number of benzene rings is 2. The van der Waals surface area contributed by atoms with E-state index in [0.717, 1.165) is 0 Å². The zero-order chi connectivity index (χ0) is 13.1. The van der Waals surface area contributed by atoms with Gasteiger partial charge in [-0.25, -0.2) is 0 Å². The molecule has 0 radical (unpaired) electrons. The van der Waals surface area contributed by atoms with Gasteiger partial charge in [0.15, 0.2) is 0 Å². The van der Waals surface area contributed by atoms with E-state index in [4.69, 9.17) is 10.5 Å². The normalized spacial score (nSPS) is 9.44. The van der Waals surface area contributed by atoms with E-state index in [-0.39, 0.29) is 22.6 Å². The van der Waals surface area contributed by atoms with Crippen molar-refractivity contribution < 1.29 is 10.2 Å². The van der Waals surface area contributed by atoms with Gasteiger partial charge < -0.3 is 10.2 Å². The molecule has 0 aliphatic rings. The van der Waals surface area contributed by atoms with Crippen LogP contribution in [0.15, 0.2) is 36.4 Å². The smallest absolute Gasteiger partial charge is 0.141 e. The largest absolute Gasteiger partial charge is 0.507 e. The Morgan fingerprint density at radius 1 is 0.833 bits per heavy atom. The van der Waals surface area contributed by atoms with Crippen LogP contribution >= 0.6 is 0 Å². The number of rotatable bonds is 1. The highest BCUT2D eigenvalue weighted by Gasteiger charge is 2.14. The molecule has 4 heteroatoms. The summed E-state index contributed by atoms with van der Waals surface area (Å²) in [5, 5.41) is 37.4. The van der Waals surface area contributed by atoms with Crippen molar-refractivity contribution in [2.75, 3.05) is 0 Å². The predicted molar refractivity (Wildman–Crippen MR) is 64.6 cm³/mol. The van der Waals surface area contributed by atoms with Crippen LogP contribution in [0.3, 0.4) is 0 Å². The van der Waals surface area contributed by atoms with Crippen LogP contribution in [0.25, 0.3) is 11.1 Å². The van der Waals surface area contributed by atoms with Gasteiger partial charge in [0.2, 0.25) is 0 Å². The molecule has 0 saturated carbocycles.